The van der Waals surface area contributed by atoms with Gasteiger partial charge in [0.2, 0.25) is 5.91 Å². The fourth-order valence-corrected chi connectivity index (χ4v) is 3.99. The lowest BCUT2D eigenvalue weighted by molar-refractivity contribution is -0.128. The van der Waals surface area contributed by atoms with E-state index in [0.29, 0.717) is 24.8 Å². The van der Waals surface area contributed by atoms with E-state index < -0.39 is 6.10 Å². The summed E-state index contributed by atoms with van der Waals surface area (Å²) in [5, 5.41) is 2.98. The van der Waals surface area contributed by atoms with Crippen LogP contribution in [0.3, 0.4) is 0 Å². The molecule has 1 N–H and O–H groups in total. The zero-order valence-corrected chi connectivity index (χ0v) is 13.0. The molecule has 4 rings (SSSR count). The zero-order chi connectivity index (χ0) is 15.1. The Morgan fingerprint density at radius 3 is 2.95 bits per heavy atom. The van der Waals surface area contributed by atoms with Crippen LogP contribution in [0.2, 0.25) is 0 Å². The average Bonchev–Trinajstić information content (AvgIpc) is 3.31. The molecule has 1 aromatic rings. The van der Waals surface area contributed by atoms with Crippen LogP contribution < -0.4 is 10.1 Å². The van der Waals surface area contributed by atoms with E-state index in [-0.39, 0.29) is 17.9 Å². The van der Waals surface area contributed by atoms with E-state index in [4.69, 9.17) is 4.74 Å². The number of carbonyl (C=O) groups is 2. The second-order valence-corrected chi connectivity index (χ2v) is 7.11. The Hall–Kier alpha value is -1.69. The first-order valence-electron chi connectivity index (χ1n) is 7.69. The Kier molecular flexibility index (Phi) is 3.48. The molecule has 2 fully saturated rings. The van der Waals surface area contributed by atoms with Gasteiger partial charge in [-0.15, -0.1) is 11.8 Å². The minimum absolute atomic E-state index is 0.0774. The van der Waals surface area contributed by atoms with Gasteiger partial charge in [0, 0.05) is 29.7 Å². The molecule has 0 aromatic heterocycles. The van der Waals surface area contributed by atoms with Crippen molar-refractivity contribution in [2.45, 2.75) is 42.3 Å². The minimum Gasteiger partial charge on any atom is -0.479 e. The third kappa shape index (κ3) is 2.67. The number of carbonyl (C=O) groups excluding carboxylic acids is 2. The number of hydrogen-bond acceptors (Lipinski definition) is 4. The molecule has 1 aliphatic carbocycles. The number of para-hydroxylation sites is 1. The summed E-state index contributed by atoms with van der Waals surface area (Å²) < 4.78 is 5.79. The van der Waals surface area contributed by atoms with Crippen LogP contribution in [0, 0.1) is 0 Å². The molecule has 22 heavy (non-hydrogen) atoms. The average molecular weight is 318 g/mol. The molecule has 1 aromatic carbocycles. The Balaban J connectivity index is 1.36. The van der Waals surface area contributed by atoms with Crippen molar-refractivity contribution in [1.82, 2.24) is 10.2 Å². The molecule has 1 saturated carbocycles. The molecular formula is C16H18N2O3S. The molecule has 116 valence electrons. The molecule has 2 aliphatic heterocycles. The predicted molar refractivity (Wildman–Crippen MR) is 82.9 cm³/mol. The van der Waals surface area contributed by atoms with Gasteiger partial charge in [0.05, 0.1) is 6.04 Å². The second kappa shape index (κ2) is 5.50. The third-order valence-corrected chi connectivity index (χ3v) is 5.41. The van der Waals surface area contributed by atoms with Crippen molar-refractivity contribution in [3.63, 3.8) is 0 Å². The summed E-state index contributed by atoms with van der Waals surface area (Å²) in [4.78, 5) is 27.3. The number of nitrogens with zero attached hydrogens (tertiary/aromatic N) is 1. The van der Waals surface area contributed by atoms with Gasteiger partial charge in [0.15, 0.2) is 6.10 Å². The topological polar surface area (TPSA) is 58.6 Å². The standard InChI is InChI=1S/C16H18N2O3S/c19-15-7-10(8-18(15)11-5-6-11)17-16(20)13-9-22-14-4-2-1-3-12(14)21-13/h1-4,10-11,13H,5-9H2,(H,17,20)/t10-,13-/m0/s1. The van der Waals surface area contributed by atoms with Gasteiger partial charge in [-0.1, -0.05) is 12.1 Å². The van der Waals surface area contributed by atoms with Crippen LogP contribution in [0.15, 0.2) is 29.2 Å². The van der Waals surface area contributed by atoms with Gasteiger partial charge in [-0.25, -0.2) is 0 Å². The first-order valence-corrected chi connectivity index (χ1v) is 8.67. The van der Waals surface area contributed by atoms with Crippen LogP contribution in [-0.2, 0) is 9.59 Å². The van der Waals surface area contributed by atoms with Gasteiger partial charge in [-0.05, 0) is 25.0 Å². The van der Waals surface area contributed by atoms with E-state index >= 15 is 0 Å². The highest BCUT2D eigenvalue weighted by atomic mass is 32.2. The predicted octanol–water partition coefficient (Wildman–Crippen LogP) is 1.42. The summed E-state index contributed by atoms with van der Waals surface area (Å²) in [7, 11) is 0. The molecule has 1 saturated heterocycles. The molecule has 0 radical (unpaired) electrons. The highest BCUT2D eigenvalue weighted by Crippen LogP contribution is 2.35. The van der Waals surface area contributed by atoms with E-state index in [2.05, 4.69) is 5.32 Å². The minimum atomic E-state index is -0.482. The molecule has 0 spiro atoms. The highest BCUT2D eigenvalue weighted by Gasteiger charge is 2.40. The fraction of sp³-hybridized carbons (Fsp3) is 0.500. The molecule has 3 aliphatic rings. The van der Waals surface area contributed by atoms with Crippen LogP contribution in [0.1, 0.15) is 19.3 Å². The lowest BCUT2D eigenvalue weighted by Crippen LogP contribution is -2.46. The van der Waals surface area contributed by atoms with Gasteiger partial charge >= 0.3 is 0 Å². The van der Waals surface area contributed by atoms with Gasteiger partial charge in [0.25, 0.3) is 5.91 Å². The maximum atomic E-state index is 12.4. The summed E-state index contributed by atoms with van der Waals surface area (Å²) in [6, 6.07) is 8.09. The first kappa shape index (κ1) is 13.9. The van der Waals surface area contributed by atoms with Crippen LogP contribution in [0.25, 0.3) is 0 Å². The number of hydrogen-bond donors (Lipinski definition) is 1. The quantitative estimate of drug-likeness (QED) is 0.916. The number of fused-ring (bicyclic) bond motifs is 1. The molecule has 2 amide bonds. The van der Waals surface area contributed by atoms with Crippen molar-refractivity contribution >= 4 is 23.6 Å². The lowest BCUT2D eigenvalue weighted by atomic mass is 10.2. The van der Waals surface area contributed by atoms with Crippen molar-refractivity contribution in [2.24, 2.45) is 0 Å². The van der Waals surface area contributed by atoms with E-state index in [1.54, 1.807) is 11.8 Å². The van der Waals surface area contributed by atoms with E-state index in [9.17, 15) is 9.59 Å². The van der Waals surface area contributed by atoms with E-state index in [1.807, 2.05) is 29.2 Å². The number of amides is 2. The molecule has 0 bridgehead atoms. The number of nitrogens with one attached hydrogen (secondary N) is 1. The van der Waals surface area contributed by atoms with Crippen molar-refractivity contribution in [3.8, 4) is 5.75 Å². The monoisotopic (exact) mass is 318 g/mol. The summed E-state index contributed by atoms with van der Waals surface area (Å²) >= 11 is 1.64. The second-order valence-electron chi connectivity index (χ2n) is 6.05. The van der Waals surface area contributed by atoms with Crippen LogP contribution in [0.4, 0.5) is 0 Å². The number of thioether (sulfide) groups is 1. The SMILES string of the molecule is O=C(N[C@H]1CC(=O)N(C2CC2)C1)[C@@H]1CSc2ccccc2O1. The Bertz CT molecular complexity index is 617. The van der Waals surface area contributed by atoms with Crippen LogP contribution >= 0.6 is 11.8 Å². The number of likely N-dealkylation sites (tertiary alicyclic amines) is 1. The molecule has 0 unspecified atom stereocenters. The maximum absolute atomic E-state index is 12.4. The Morgan fingerprint density at radius 2 is 2.14 bits per heavy atom. The van der Waals surface area contributed by atoms with Crippen molar-refractivity contribution in [2.75, 3.05) is 12.3 Å². The van der Waals surface area contributed by atoms with Gasteiger partial charge < -0.3 is 15.0 Å². The van der Waals surface area contributed by atoms with Crippen LogP contribution in [0.5, 0.6) is 5.75 Å². The highest BCUT2D eigenvalue weighted by molar-refractivity contribution is 7.99. The van der Waals surface area contributed by atoms with Gasteiger partial charge in [-0.3, -0.25) is 9.59 Å². The zero-order valence-electron chi connectivity index (χ0n) is 12.2. The molecule has 2 atom stereocenters. The molecule has 2 heterocycles. The Morgan fingerprint density at radius 1 is 1.32 bits per heavy atom. The first-order chi connectivity index (χ1) is 10.7. The Labute approximate surface area is 133 Å². The normalized spacial score (nSPS) is 27.3. The van der Waals surface area contributed by atoms with E-state index in [1.165, 1.54) is 0 Å². The molecular weight excluding hydrogens is 300 g/mol. The molecule has 5 nitrogen and oxygen atoms in total. The smallest absolute Gasteiger partial charge is 0.262 e. The van der Waals surface area contributed by atoms with E-state index in [0.717, 1.165) is 23.5 Å². The van der Waals surface area contributed by atoms with Gasteiger partial charge in [0.1, 0.15) is 5.75 Å². The lowest BCUT2D eigenvalue weighted by Gasteiger charge is -2.26. The van der Waals surface area contributed by atoms with Gasteiger partial charge in [-0.2, -0.15) is 0 Å². The van der Waals surface area contributed by atoms with Crippen LogP contribution in [-0.4, -0.2) is 47.2 Å². The summed E-state index contributed by atoms with van der Waals surface area (Å²) in [5.41, 5.74) is 0. The summed E-state index contributed by atoms with van der Waals surface area (Å²) in [6.45, 7) is 0.645. The summed E-state index contributed by atoms with van der Waals surface area (Å²) in [6.07, 6.45) is 2.14. The fourth-order valence-electron chi connectivity index (χ4n) is 3.01. The third-order valence-electron chi connectivity index (χ3n) is 4.29. The number of ether oxygens (including phenoxy) is 1. The molecule has 6 heteroatoms. The summed E-state index contributed by atoms with van der Waals surface area (Å²) in [5.74, 6) is 1.42. The maximum Gasteiger partial charge on any atom is 0.262 e. The largest absolute Gasteiger partial charge is 0.479 e. The van der Waals surface area contributed by atoms with Crippen molar-refractivity contribution in [1.29, 1.82) is 0 Å². The van der Waals surface area contributed by atoms with Crippen molar-refractivity contribution < 1.29 is 14.3 Å². The number of benzene rings is 1. The number of rotatable bonds is 3. The van der Waals surface area contributed by atoms with Crippen molar-refractivity contribution in [3.05, 3.63) is 24.3 Å².